The summed E-state index contributed by atoms with van der Waals surface area (Å²) in [6.07, 6.45) is 3.93. The van der Waals surface area contributed by atoms with Crippen LogP contribution in [0.2, 0.25) is 0 Å². The molecule has 3 aromatic carbocycles. The fourth-order valence-electron chi connectivity index (χ4n) is 3.58. The van der Waals surface area contributed by atoms with Crippen molar-refractivity contribution in [3.63, 3.8) is 0 Å². The standard InChI is InChI=1S/C26H17N3O2/c30-24-14-23(26(31)22-15-27-16-28-25(22)24)29-21-12-10-20(11-13-21)19-8-6-18(7-9-19)17-4-2-1-3-5-17/h1-16,29H. The van der Waals surface area contributed by atoms with Gasteiger partial charge in [-0.1, -0.05) is 66.7 Å². The Morgan fingerprint density at radius 2 is 1.26 bits per heavy atom. The predicted octanol–water partition coefficient (Wildman–Crippen LogP) is 5.19. The van der Waals surface area contributed by atoms with Crippen molar-refractivity contribution in [2.45, 2.75) is 0 Å². The van der Waals surface area contributed by atoms with Crippen LogP contribution in [0.1, 0.15) is 20.8 Å². The van der Waals surface area contributed by atoms with Crippen LogP contribution in [-0.2, 0) is 0 Å². The Labute approximate surface area is 179 Å². The van der Waals surface area contributed by atoms with Crippen LogP contribution in [0.25, 0.3) is 22.3 Å². The lowest BCUT2D eigenvalue weighted by molar-refractivity contribution is 0.0981. The smallest absolute Gasteiger partial charge is 0.213 e. The van der Waals surface area contributed by atoms with Crippen LogP contribution in [0, 0.1) is 0 Å². The molecule has 1 aliphatic carbocycles. The molecule has 0 saturated heterocycles. The molecule has 0 radical (unpaired) electrons. The van der Waals surface area contributed by atoms with Crippen molar-refractivity contribution >= 4 is 17.3 Å². The van der Waals surface area contributed by atoms with Crippen molar-refractivity contribution in [2.75, 3.05) is 5.32 Å². The molecule has 1 N–H and O–H groups in total. The third kappa shape index (κ3) is 3.65. The third-order valence-electron chi connectivity index (χ3n) is 5.20. The van der Waals surface area contributed by atoms with E-state index in [9.17, 15) is 9.59 Å². The van der Waals surface area contributed by atoms with Gasteiger partial charge in [0.2, 0.25) is 11.6 Å². The Morgan fingerprint density at radius 3 is 1.90 bits per heavy atom. The first kappa shape index (κ1) is 18.6. The summed E-state index contributed by atoms with van der Waals surface area (Å²) in [6.45, 7) is 0. The molecule has 0 aliphatic heterocycles. The molecule has 1 aromatic heterocycles. The molecule has 5 nitrogen and oxygen atoms in total. The van der Waals surface area contributed by atoms with Gasteiger partial charge in [-0.25, -0.2) is 9.97 Å². The number of anilines is 1. The number of hydrogen-bond donors (Lipinski definition) is 1. The van der Waals surface area contributed by atoms with Gasteiger partial charge in [-0.05, 0) is 34.4 Å². The van der Waals surface area contributed by atoms with Gasteiger partial charge in [0, 0.05) is 18.0 Å². The van der Waals surface area contributed by atoms with Gasteiger partial charge in [0.15, 0.2) is 0 Å². The van der Waals surface area contributed by atoms with Crippen molar-refractivity contribution in [1.82, 2.24) is 9.97 Å². The molecular formula is C26H17N3O2. The van der Waals surface area contributed by atoms with E-state index in [0.717, 1.165) is 16.8 Å². The van der Waals surface area contributed by atoms with Crippen LogP contribution >= 0.6 is 0 Å². The monoisotopic (exact) mass is 403 g/mol. The second kappa shape index (κ2) is 7.80. The fraction of sp³-hybridized carbons (Fsp3) is 0. The molecule has 0 spiro atoms. The zero-order valence-electron chi connectivity index (χ0n) is 16.4. The number of benzene rings is 3. The quantitative estimate of drug-likeness (QED) is 0.508. The normalized spacial score (nSPS) is 12.8. The molecule has 5 heteroatoms. The van der Waals surface area contributed by atoms with Gasteiger partial charge in [-0.2, -0.15) is 0 Å². The van der Waals surface area contributed by atoms with E-state index in [1.54, 1.807) is 0 Å². The number of fused-ring (bicyclic) bond motifs is 1. The topological polar surface area (TPSA) is 72.0 Å². The van der Waals surface area contributed by atoms with Gasteiger partial charge < -0.3 is 5.32 Å². The highest BCUT2D eigenvalue weighted by molar-refractivity contribution is 6.24. The summed E-state index contributed by atoms with van der Waals surface area (Å²) >= 11 is 0. The number of hydrogen-bond acceptors (Lipinski definition) is 5. The van der Waals surface area contributed by atoms with Gasteiger partial charge >= 0.3 is 0 Å². The fourth-order valence-corrected chi connectivity index (χ4v) is 3.58. The Bertz CT molecular complexity index is 1310. The summed E-state index contributed by atoms with van der Waals surface area (Å²) in [5.74, 6) is -0.606. The summed E-state index contributed by atoms with van der Waals surface area (Å²) in [6, 6.07) is 26.4. The molecule has 148 valence electrons. The molecule has 4 aromatic rings. The zero-order valence-corrected chi connectivity index (χ0v) is 16.4. The Hall–Kier alpha value is -4.38. The predicted molar refractivity (Wildman–Crippen MR) is 120 cm³/mol. The van der Waals surface area contributed by atoms with Crippen LogP contribution in [0.5, 0.6) is 0 Å². The first-order chi connectivity index (χ1) is 15.2. The van der Waals surface area contributed by atoms with E-state index in [0.29, 0.717) is 0 Å². The second-order valence-electron chi connectivity index (χ2n) is 7.18. The molecule has 1 aliphatic rings. The lowest BCUT2D eigenvalue weighted by atomic mass is 9.98. The maximum atomic E-state index is 12.6. The van der Waals surface area contributed by atoms with E-state index < -0.39 is 0 Å². The number of ketones is 2. The Kier molecular flexibility index (Phi) is 4.69. The molecule has 0 amide bonds. The van der Waals surface area contributed by atoms with Crippen LogP contribution in [0.3, 0.4) is 0 Å². The van der Waals surface area contributed by atoms with E-state index in [1.807, 2.05) is 42.5 Å². The number of Topliss-reactive ketones (excluding diaryl/α,β-unsaturated/α-hetero) is 1. The summed E-state index contributed by atoms with van der Waals surface area (Å²) in [5.41, 5.74) is 5.79. The highest BCUT2D eigenvalue weighted by Crippen LogP contribution is 2.27. The maximum absolute atomic E-state index is 12.6. The third-order valence-corrected chi connectivity index (χ3v) is 5.20. The van der Waals surface area contributed by atoms with Crippen LogP contribution in [-0.4, -0.2) is 21.5 Å². The van der Waals surface area contributed by atoms with Gasteiger partial charge in [0.05, 0.1) is 11.3 Å². The van der Waals surface area contributed by atoms with E-state index in [2.05, 4.69) is 51.7 Å². The van der Waals surface area contributed by atoms with Crippen molar-refractivity contribution in [3.8, 4) is 22.3 Å². The number of nitrogens with one attached hydrogen (secondary N) is 1. The molecule has 0 unspecified atom stereocenters. The number of aromatic nitrogens is 2. The molecule has 0 fully saturated rings. The second-order valence-corrected chi connectivity index (χ2v) is 7.18. The van der Waals surface area contributed by atoms with Gasteiger partial charge in [-0.3, -0.25) is 9.59 Å². The van der Waals surface area contributed by atoms with Crippen molar-refractivity contribution in [2.24, 2.45) is 0 Å². The number of carbonyl (C=O) groups excluding carboxylic acids is 2. The Morgan fingerprint density at radius 1 is 0.677 bits per heavy atom. The van der Waals surface area contributed by atoms with E-state index in [4.69, 9.17) is 0 Å². The van der Waals surface area contributed by atoms with Crippen molar-refractivity contribution in [1.29, 1.82) is 0 Å². The van der Waals surface area contributed by atoms with E-state index in [1.165, 1.54) is 29.7 Å². The summed E-state index contributed by atoms with van der Waals surface area (Å²) < 4.78 is 0. The van der Waals surface area contributed by atoms with Crippen molar-refractivity contribution in [3.05, 3.63) is 114 Å². The number of allylic oxidation sites excluding steroid dienone is 2. The van der Waals surface area contributed by atoms with Gasteiger partial charge in [0.1, 0.15) is 12.0 Å². The number of carbonyl (C=O) groups is 2. The summed E-state index contributed by atoms with van der Waals surface area (Å²) in [5, 5.41) is 3.05. The summed E-state index contributed by atoms with van der Waals surface area (Å²) in [4.78, 5) is 32.6. The van der Waals surface area contributed by atoms with E-state index >= 15 is 0 Å². The first-order valence-corrected chi connectivity index (χ1v) is 9.83. The number of rotatable bonds is 4. The molecule has 0 atom stereocenters. The Balaban J connectivity index is 1.34. The van der Waals surface area contributed by atoms with Crippen LogP contribution in [0.15, 0.2) is 103 Å². The molecule has 5 rings (SSSR count). The minimum atomic E-state index is -0.311. The molecule has 0 saturated carbocycles. The SMILES string of the molecule is O=C1C(Nc2ccc(-c3ccc(-c4ccccc4)cc3)cc2)=CC(=O)c2ncncc21. The zero-order chi connectivity index (χ0) is 21.2. The average Bonchev–Trinajstić information content (AvgIpc) is 2.84. The van der Waals surface area contributed by atoms with Crippen molar-refractivity contribution < 1.29 is 9.59 Å². The highest BCUT2D eigenvalue weighted by Gasteiger charge is 2.27. The average molecular weight is 403 g/mol. The van der Waals surface area contributed by atoms with Gasteiger partial charge in [0.25, 0.3) is 0 Å². The molecular weight excluding hydrogens is 386 g/mol. The maximum Gasteiger partial charge on any atom is 0.213 e. The highest BCUT2D eigenvalue weighted by atomic mass is 16.1. The molecule has 1 heterocycles. The molecule has 0 bridgehead atoms. The van der Waals surface area contributed by atoms with Gasteiger partial charge in [-0.15, -0.1) is 0 Å². The van der Waals surface area contributed by atoms with Crippen LogP contribution < -0.4 is 5.32 Å². The lowest BCUT2D eigenvalue weighted by Gasteiger charge is -2.15. The van der Waals surface area contributed by atoms with E-state index in [-0.39, 0.29) is 28.5 Å². The minimum absolute atomic E-state index is 0.139. The minimum Gasteiger partial charge on any atom is -0.352 e. The lowest BCUT2D eigenvalue weighted by Crippen LogP contribution is -2.22. The molecule has 31 heavy (non-hydrogen) atoms. The van der Waals surface area contributed by atoms with Crippen LogP contribution in [0.4, 0.5) is 5.69 Å². The first-order valence-electron chi connectivity index (χ1n) is 9.83. The summed E-state index contributed by atoms with van der Waals surface area (Å²) in [7, 11) is 0. The largest absolute Gasteiger partial charge is 0.352 e. The number of nitrogens with zero attached hydrogens (tertiary/aromatic N) is 2.